The number of ether oxygens (including phenoxy) is 2. The van der Waals surface area contributed by atoms with Gasteiger partial charge in [-0.15, -0.1) is 5.73 Å². The molecule has 8 heteroatoms. The van der Waals surface area contributed by atoms with Gasteiger partial charge in [-0.25, -0.2) is 0 Å². The summed E-state index contributed by atoms with van der Waals surface area (Å²) in [5, 5.41) is 13.6. The van der Waals surface area contributed by atoms with Gasteiger partial charge in [-0.2, -0.15) is 0 Å². The first-order valence-electron chi connectivity index (χ1n) is 26.7. The molecule has 4 nitrogen and oxygen atoms in total. The zero-order valence-corrected chi connectivity index (χ0v) is 51.9. The molecule has 1 aliphatic rings. The molecule has 9 aromatic carbocycles. The third-order valence-corrected chi connectivity index (χ3v) is 19.5. The van der Waals surface area contributed by atoms with Crippen LogP contribution in [0.2, 0.25) is 0 Å². The summed E-state index contributed by atoms with van der Waals surface area (Å²) in [7, 11) is 1.39. The van der Waals surface area contributed by atoms with Crippen molar-refractivity contribution in [2.24, 2.45) is 17.4 Å². The summed E-state index contributed by atoms with van der Waals surface area (Å²) in [6.45, 7) is 22.1. The van der Waals surface area contributed by atoms with Crippen LogP contribution >= 0.6 is 15.8 Å². The molecular formula is C71H73ClN2O2P2Ru. The predicted molar refractivity (Wildman–Crippen MR) is 335 cm³/mol. The van der Waals surface area contributed by atoms with Crippen LogP contribution in [0.15, 0.2) is 199 Å². The van der Waals surface area contributed by atoms with Crippen molar-refractivity contribution < 1.29 is 41.4 Å². The fourth-order valence-electron chi connectivity index (χ4n) is 11.3. The summed E-state index contributed by atoms with van der Waals surface area (Å²) in [6.07, 6.45) is 6.33. The van der Waals surface area contributed by atoms with Gasteiger partial charge >= 0.3 is 19.5 Å². The minimum Gasteiger partial charge on any atom is -1.00 e. The minimum absolute atomic E-state index is 0. The van der Waals surface area contributed by atoms with Gasteiger partial charge in [0.1, 0.15) is 11.9 Å². The molecule has 404 valence electrons. The number of methoxy groups -OCH3 is 2. The van der Waals surface area contributed by atoms with Crippen molar-refractivity contribution in [1.29, 1.82) is 0 Å². The van der Waals surface area contributed by atoms with Crippen LogP contribution in [0.3, 0.4) is 0 Å². The number of nitrogens with two attached hydrogens (primary N) is 2. The maximum atomic E-state index is 6.83. The molecule has 1 aliphatic carbocycles. The number of fused-ring (bicyclic) bond motifs is 2. The van der Waals surface area contributed by atoms with E-state index >= 15 is 0 Å². The molecule has 1 unspecified atom stereocenters. The standard InChI is InChI=1S/C52H48P2.C19H25N2O2.ClH.Ru/c1-33-21-34(2)26-43(25-33)53(44-27-35(3)22-36(4)28-44)49-19-17-41-13-9-11-15-47(41)51(49)52-48-16-12-10-14-42(48)18-20-50(52)54(45-29-37(5)23-38(6)30-45)46-31-39(7)24-40(8)32-46;1-13(2)18(20)19(21,14-5-9-16(22-3)10-6-14)15-7-11-17(23-4)12-8-15;;/h9-32H,1-8H3;5-7,9-13,18H,20-21H2,1-4H3;1H;/q;;;+1/p-1/t;18-,19?;;/m.1../s1. The van der Waals surface area contributed by atoms with Gasteiger partial charge in [-0.05, 0) is 178 Å². The summed E-state index contributed by atoms with van der Waals surface area (Å²) >= 11 is 0. The van der Waals surface area contributed by atoms with E-state index in [-0.39, 0.29) is 43.8 Å². The van der Waals surface area contributed by atoms with Crippen molar-refractivity contribution >= 4 is 69.2 Å². The number of hydrogen-bond donors (Lipinski definition) is 2. The molecule has 0 heterocycles. The quantitative estimate of drug-likeness (QED) is 0.0686. The monoisotopic (exact) mass is 1180 g/mol. The van der Waals surface area contributed by atoms with Crippen LogP contribution in [-0.4, -0.2) is 20.3 Å². The first-order chi connectivity index (χ1) is 36.9. The van der Waals surface area contributed by atoms with Crippen molar-refractivity contribution in [2.75, 3.05) is 14.2 Å². The van der Waals surface area contributed by atoms with E-state index < -0.39 is 21.4 Å². The second-order valence-corrected chi connectivity index (χ2v) is 25.8. The summed E-state index contributed by atoms with van der Waals surface area (Å²) in [4.78, 5) is 0. The zero-order chi connectivity index (χ0) is 54.7. The van der Waals surface area contributed by atoms with Gasteiger partial charge in [-0.3, -0.25) is 0 Å². The second kappa shape index (κ2) is 26.2. The maximum Gasteiger partial charge on any atom is 1.00 e. The molecule has 0 fully saturated rings. The maximum absolute atomic E-state index is 6.83. The Morgan fingerprint density at radius 2 is 0.835 bits per heavy atom. The van der Waals surface area contributed by atoms with Gasteiger partial charge in [0.15, 0.2) is 0 Å². The van der Waals surface area contributed by atoms with Crippen LogP contribution in [0.1, 0.15) is 63.9 Å². The molecule has 2 atom stereocenters. The van der Waals surface area contributed by atoms with Crippen LogP contribution in [0.25, 0.3) is 32.7 Å². The Bertz CT molecular complexity index is 3380. The van der Waals surface area contributed by atoms with E-state index in [1.54, 1.807) is 20.3 Å². The van der Waals surface area contributed by atoms with Crippen LogP contribution in [0, 0.1) is 67.4 Å². The van der Waals surface area contributed by atoms with Gasteiger partial charge < -0.3 is 33.3 Å². The first-order valence-corrected chi connectivity index (χ1v) is 29.4. The van der Waals surface area contributed by atoms with E-state index in [9.17, 15) is 0 Å². The average Bonchev–Trinajstić information content (AvgIpc) is 3.52. The molecule has 0 spiro atoms. The smallest absolute Gasteiger partial charge is 1.00 e. The van der Waals surface area contributed by atoms with Crippen molar-refractivity contribution in [1.82, 2.24) is 0 Å². The largest absolute Gasteiger partial charge is 1.00 e. The zero-order valence-electron chi connectivity index (χ0n) is 47.6. The Morgan fingerprint density at radius 3 is 1.15 bits per heavy atom. The van der Waals surface area contributed by atoms with E-state index in [1.807, 2.05) is 36.4 Å². The number of aryl methyl sites for hydroxylation is 8. The molecule has 0 aromatic heterocycles. The van der Waals surface area contributed by atoms with E-state index in [4.69, 9.17) is 20.9 Å². The summed E-state index contributed by atoms with van der Waals surface area (Å²) in [5.41, 5.74) is 30.7. The molecule has 0 saturated heterocycles. The summed E-state index contributed by atoms with van der Waals surface area (Å²) < 4.78 is 10.4. The van der Waals surface area contributed by atoms with Crippen molar-refractivity contribution in [3.05, 3.63) is 256 Å². The molecule has 0 bridgehead atoms. The third kappa shape index (κ3) is 13.2. The number of halogens is 1. The van der Waals surface area contributed by atoms with Crippen molar-refractivity contribution in [3.8, 4) is 16.9 Å². The van der Waals surface area contributed by atoms with E-state index in [0.29, 0.717) is 0 Å². The number of benzene rings is 9. The molecule has 0 amide bonds. The Labute approximate surface area is 492 Å². The molecular weight excluding hydrogens is 1110 g/mol. The molecule has 0 aliphatic heterocycles. The van der Waals surface area contributed by atoms with Crippen LogP contribution in [0.5, 0.6) is 5.75 Å². The fourth-order valence-corrected chi connectivity index (χ4v) is 17.0. The summed E-state index contributed by atoms with van der Waals surface area (Å²) in [6, 6.07) is 64.0. The Hall–Kier alpha value is -5.79. The second-order valence-electron chi connectivity index (χ2n) is 21.4. The van der Waals surface area contributed by atoms with Crippen molar-refractivity contribution in [3.63, 3.8) is 0 Å². The molecule has 2 radical (unpaired) electrons. The van der Waals surface area contributed by atoms with Crippen LogP contribution in [0.4, 0.5) is 0 Å². The molecule has 10 rings (SSSR count). The molecule has 79 heavy (non-hydrogen) atoms. The van der Waals surface area contributed by atoms with Crippen LogP contribution in [-0.2, 0) is 29.8 Å². The normalized spacial score (nSPS) is 13.4. The Morgan fingerprint density at radius 1 is 0.468 bits per heavy atom. The molecule has 0 saturated carbocycles. The van der Waals surface area contributed by atoms with Crippen molar-refractivity contribution in [2.45, 2.75) is 80.8 Å². The van der Waals surface area contributed by atoms with E-state index in [1.165, 1.54) is 109 Å². The Balaban J connectivity index is 0.000000305. The van der Waals surface area contributed by atoms with Gasteiger partial charge in [0.25, 0.3) is 0 Å². The minimum atomic E-state index is -0.937. The number of rotatable bonds is 13. The SMILES string of the molecule is CO[C]1C=C=C(C(N)(c2ccc(OC)cc2)[C@H](N)C(C)C)C=C1.Cc1cc(C)cc(P(c2cc(C)cc(C)c2)c2ccc3ccccc3c2-c2c(P(c3cc(C)cc(C)c3)c3cc(C)cc(C)c3)ccc3ccccc23)c1.[Cl-].[Ru+]. The first kappa shape index (κ1) is 60.8. The average molecular weight is 1180 g/mol. The topological polar surface area (TPSA) is 70.5 Å². The van der Waals surface area contributed by atoms with Gasteiger partial charge in [0.05, 0.1) is 12.6 Å². The van der Waals surface area contributed by atoms with E-state index in [2.05, 4.69) is 221 Å². The predicted octanol–water partition coefficient (Wildman–Crippen LogP) is 11.3. The van der Waals surface area contributed by atoms with E-state index in [0.717, 1.165) is 23.0 Å². The Kier molecular flexibility index (Phi) is 20.2. The van der Waals surface area contributed by atoms with Crippen LogP contribution < -0.4 is 60.4 Å². The number of hydrogen-bond acceptors (Lipinski definition) is 4. The fraction of sp³-hybridized carbons (Fsp3) is 0.211. The summed E-state index contributed by atoms with van der Waals surface area (Å²) in [5.74, 6) is 0.991. The third-order valence-electron chi connectivity index (χ3n) is 14.7. The van der Waals surface area contributed by atoms with Gasteiger partial charge in [-0.1, -0.05) is 216 Å². The van der Waals surface area contributed by atoms with Gasteiger partial charge in [0, 0.05) is 18.7 Å². The molecule has 9 aromatic rings. The molecule has 4 N–H and O–H groups in total. The van der Waals surface area contributed by atoms with Gasteiger partial charge in [0.2, 0.25) is 0 Å².